The summed E-state index contributed by atoms with van der Waals surface area (Å²) in [4.78, 5) is 11.7. The van der Waals surface area contributed by atoms with Crippen LogP contribution < -0.4 is 10.5 Å². The molecule has 0 saturated heterocycles. The van der Waals surface area contributed by atoms with Crippen LogP contribution in [0.2, 0.25) is 0 Å². The Kier molecular flexibility index (Phi) is 2.72. The molecule has 1 aliphatic heterocycles. The van der Waals surface area contributed by atoms with E-state index in [-0.39, 0.29) is 11.4 Å². The largest absolute Gasteiger partial charge is 0.487 e. The average Bonchev–Trinajstić information content (AvgIpc) is 2.50. The molecule has 3 heteroatoms. The van der Waals surface area contributed by atoms with E-state index in [2.05, 4.69) is 0 Å². The van der Waals surface area contributed by atoms with Crippen LogP contribution in [-0.4, -0.2) is 17.9 Å². The minimum Gasteiger partial charge on any atom is -0.487 e. The van der Waals surface area contributed by atoms with Gasteiger partial charge in [0.1, 0.15) is 11.4 Å². The predicted molar refractivity (Wildman–Crippen MR) is 62.9 cm³/mol. The van der Waals surface area contributed by atoms with Gasteiger partial charge in [-0.3, -0.25) is 4.79 Å². The lowest BCUT2D eigenvalue weighted by atomic mass is 9.98. The molecule has 86 valence electrons. The van der Waals surface area contributed by atoms with Crippen LogP contribution >= 0.6 is 0 Å². The zero-order chi connectivity index (χ0) is 11.8. The molecule has 0 atom stereocenters. The molecule has 0 spiro atoms. The van der Waals surface area contributed by atoms with Gasteiger partial charge in [-0.2, -0.15) is 0 Å². The highest BCUT2D eigenvalue weighted by Gasteiger charge is 2.30. The van der Waals surface area contributed by atoms with Crippen LogP contribution in [0.15, 0.2) is 18.2 Å². The van der Waals surface area contributed by atoms with E-state index in [0.29, 0.717) is 13.0 Å². The summed E-state index contributed by atoms with van der Waals surface area (Å²) in [6.07, 6.45) is 1.26. The molecule has 0 fully saturated rings. The van der Waals surface area contributed by atoms with E-state index in [9.17, 15) is 4.79 Å². The van der Waals surface area contributed by atoms with Crippen LogP contribution in [-0.2, 0) is 6.42 Å². The molecule has 1 aliphatic rings. The second-order valence-electron chi connectivity index (χ2n) is 4.82. The van der Waals surface area contributed by atoms with Gasteiger partial charge in [0, 0.05) is 18.4 Å². The van der Waals surface area contributed by atoms with Gasteiger partial charge in [-0.05, 0) is 44.2 Å². The summed E-state index contributed by atoms with van der Waals surface area (Å²) >= 11 is 0. The van der Waals surface area contributed by atoms with Crippen molar-refractivity contribution in [2.75, 3.05) is 6.54 Å². The van der Waals surface area contributed by atoms with Crippen LogP contribution in [0, 0.1) is 0 Å². The number of fused-ring (bicyclic) bond motifs is 1. The number of ether oxygens (including phenoxy) is 1. The zero-order valence-corrected chi connectivity index (χ0v) is 9.75. The number of hydrogen-bond acceptors (Lipinski definition) is 3. The van der Waals surface area contributed by atoms with Gasteiger partial charge in [-0.25, -0.2) is 0 Å². The number of hydrogen-bond donors (Lipinski definition) is 1. The number of Topliss-reactive ketones (excluding diaryl/α,β-unsaturated/α-hetero) is 1. The fourth-order valence-corrected chi connectivity index (χ4v) is 2.06. The van der Waals surface area contributed by atoms with Crippen molar-refractivity contribution >= 4 is 5.78 Å². The summed E-state index contributed by atoms with van der Waals surface area (Å²) in [5.74, 6) is 1.00. The van der Waals surface area contributed by atoms with Gasteiger partial charge in [0.2, 0.25) is 0 Å². The maximum Gasteiger partial charge on any atom is 0.164 e. The molecule has 3 nitrogen and oxygen atoms in total. The van der Waals surface area contributed by atoms with Crippen molar-refractivity contribution in [3.63, 3.8) is 0 Å². The quantitative estimate of drug-likeness (QED) is 0.790. The maximum absolute atomic E-state index is 11.7. The lowest BCUT2D eigenvalue weighted by Crippen LogP contribution is -2.24. The van der Waals surface area contributed by atoms with E-state index < -0.39 is 0 Å². The van der Waals surface area contributed by atoms with Crippen molar-refractivity contribution in [2.45, 2.75) is 32.3 Å². The van der Waals surface area contributed by atoms with Gasteiger partial charge < -0.3 is 10.5 Å². The van der Waals surface area contributed by atoms with E-state index in [1.165, 1.54) is 0 Å². The highest BCUT2D eigenvalue weighted by atomic mass is 16.5. The van der Waals surface area contributed by atoms with E-state index in [4.69, 9.17) is 10.5 Å². The van der Waals surface area contributed by atoms with E-state index in [0.717, 1.165) is 23.3 Å². The molecule has 0 bridgehead atoms. The normalized spacial score (nSPS) is 16.7. The molecular formula is C13H17NO2. The first-order valence-electron chi connectivity index (χ1n) is 5.57. The van der Waals surface area contributed by atoms with Crippen molar-refractivity contribution in [1.82, 2.24) is 0 Å². The number of ketones is 1. The molecule has 1 aromatic rings. The third-order valence-corrected chi connectivity index (χ3v) is 2.76. The average molecular weight is 219 g/mol. The second-order valence-corrected chi connectivity index (χ2v) is 4.82. The number of benzene rings is 1. The number of carbonyl (C=O) groups excluding carboxylic acids is 1. The third kappa shape index (κ3) is 2.09. The van der Waals surface area contributed by atoms with Gasteiger partial charge in [0.15, 0.2) is 5.78 Å². The zero-order valence-electron chi connectivity index (χ0n) is 9.75. The first kappa shape index (κ1) is 11.1. The molecule has 0 amide bonds. The number of nitrogens with two attached hydrogens (primary N) is 1. The Morgan fingerprint density at radius 1 is 1.50 bits per heavy atom. The standard InChI is InChI=1S/C13H17NO2/c1-13(2)8-10-7-9(11(15)5-6-14)3-4-12(10)16-13/h3-4,7H,5-6,8,14H2,1-2H3. The first-order chi connectivity index (χ1) is 7.52. The van der Waals surface area contributed by atoms with Crippen LogP contribution in [0.3, 0.4) is 0 Å². The Morgan fingerprint density at radius 3 is 2.94 bits per heavy atom. The van der Waals surface area contributed by atoms with Gasteiger partial charge >= 0.3 is 0 Å². The van der Waals surface area contributed by atoms with Crippen LogP contribution in [0.4, 0.5) is 0 Å². The van der Waals surface area contributed by atoms with Crippen LogP contribution in [0.5, 0.6) is 5.75 Å². The first-order valence-corrected chi connectivity index (χ1v) is 5.57. The summed E-state index contributed by atoms with van der Waals surface area (Å²) < 4.78 is 5.75. The molecule has 0 radical (unpaired) electrons. The Morgan fingerprint density at radius 2 is 2.25 bits per heavy atom. The van der Waals surface area contributed by atoms with E-state index >= 15 is 0 Å². The summed E-state index contributed by atoms with van der Waals surface area (Å²) in [6.45, 7) is 4.50. The van der Waals surface area contributed by atoms with E-state index in [1.807, 2.05) is 32.0 Å². The summed E-state index contributed by atoms with van der Waals surface area (Å²) in [5.41, 5.74) is 7.08. The fraction of sp³-hybridized carbons (Fsp3) is 0.462. The van der Waals surface area contributed by atoms with Crippen molar-refractivity contribution in [3.05, 3.63) is 29.3 Å². The monoisotopic (exact) mass is 219 g/mol. The van der Waals surface area contributed by atoms with Crippen molar-refractivity contribution < 1.29 is 9.53 Å². The molecule has 2 N–H and O–H groups in total. The van der Waals surface area contributed by atoms with Crippen molar-refractivity contribution in [1.29, 1.82) is 0 Å². The molecule has 0 aliphatic carbocycles. The van der Waals surface area contributed by atoms with Gasteiger partial charge in [-0.1, -0.05) is 0 Å². The molecular weight excluding hydrogens is 202 g/mol. The van der Waals surface area contributed by atoms with Gasteiger partial charge in [0.25, 0.3) is 0 Å². The molecule has 16 heavy (non-hydrogen) atoms. The molecule has 0 saturated carbocycles. The molecule has 1 aromatic carbocycles. The minimum atomic E-state index is -0.155. The van der Waals surface area contributed by atoms with Crippen molar-refractivity contribution in [3.8, 4) is 5.75 Å². The summed E-state index contributed by atoms with van der Waals surface area (Å²) in [6, 6.07) is 5.63. The topological polar surface area (TPSA) is 52.3 Å². The van der Waals surface area contributed by atoms with Crippen LogP contribution in [0.1, 0.15) is 36.2 Å². The van der Waals surface area contributed by atoms with E-state index in [1.54, 1.807) is 0 Å². The van der Waals surface area contributed by atoms with Crippen LogP contribution in [0.25, 0.3) is 0 Å². The Bertz CT molecular complexity index is 424. The smallest absolute Gasteiger partial charge is 0.164 e. The molecule has 1 heterocycles. The highest BCUT2D eigenvalue weighted by Crippen LogP contribution is 2.35. The highest BCUT2D eigenvalue weighted by molar-refractivity contribution is 5.96. The molecule has 0 unspecified atom stereocenters. The lowest BCUT2D eigenvalue weighted by molar-refractivity contribution is 0.0985. The fourth-order valence-electron chi connectivity index (χ4n) is 2.06. The van der Waals surface area contributed by atoms with Crippen molar-refractivity contribution in [2.24, 2.45) is 5.73 Å². The Hall–Kier alpha value is -1.35. The lowest BCUT2D eigenvalue weighted by Gasteiger charge is -2.16. The van der Waals surface area contributed by atoms with Gasteiger partial charge in [0.05, 0.1) is 0 Å². The maximum atomic E-state index is 11.7. The second kappa shape index (κ2) is 3.91. The third-order valence-electron chi connectivity index (χ3n) is 2.76. The molecule has 2 rings (SSSR count). The number of carbonyl (C=O) groups is 1. The number of rotatable bonds is 3. The molecule has 0 aromatic heterocycles. The Balaban J connectivity index is 2.26. The Labute approximate surface area is 95.6 Å². The minimum absolute atomic E-state index is 0.106. The summed E-state index contributed by atoms with van der Waals surface area (Å²) in [5, 5.41) is 0. The summed E-state index contributed by atoms with van der Waals surface area (Å²) in [7, 11) is 0. The predicted octanol–water partition coefficient (Wildman–Crippen LogP) is 1.93. The SMILES string of the molecule is CC1(C)Cc2cc(C(=O)CCN)ccc2O1. The van der Waals surface area contributed by atoms with Gasteiger partial charge in [-0.15, -0.1) is 0 Å².